The molecular weight excluding hydrogens is 446 g/mol. The number of nitrogens with zero attached hydrogens (tertiary/aromatic N) is 1. The number of sulfonamides is 1. The lowest BCUT2D eigenvalue weighted by Crippen LogP contribution is -2.34. The predicted octanol–water partition coefficient (Wildman–Crippen LogP) is 4.54. The van der Waals surface area contributed by atoms with Crippen molar-refractivity contribution in [3.8, 4) is 0 Å². The first-order valence-electron chi connectivity index (χ1n) is 12.4. The second-order valence-corrected chi connectivity index (χ2v) is 11.3. The number of likely N-dealkylation sites (tertiary alicyclic amines) is 1. The Morgan fingerprint density at radius 2 is 1.62 bits per heavy atom. The molecule has 1 aliphatic heterocycles. The van der Waals surface area contributed by atoms with Gasteiger partial charge in [-0.2, -0.15) is 0 Å². The van der Waals surface area contributed by atoms with Crippen LogP contribution in [0, 0.1) is 5.92 Å². The SMILES string of the molecule is O=C(Nc1c2c(cc3c1CCC3)CCC2)NS(=O)(=O)/C=C/C1CCN(Cc2ccccc2)CC1. The lowest BCUT2D eigenvalue weighted by Gasteiger charge is -2.30. The van der Waals surface area contributed by atoms with Gasteiger partial charge in [-0.3, -0.25) is 4.90 Å². The summed E-state index contributed by atoms with van der Waals surface area (Å²) in [5, 5.41) is 4.07. The minimum absolute atomic E-state index is 0.201. The van der Waals surface area contributed by atoms with E-state index in [1.165, 1.54) is 33.2 Å². The Kier molecular flexibility index (Phi) is 6.75. The van der Waals surface area contributed by atoms with Gasteiger partial charge < -0.3 is 5.32 Å². The largest absolute Gasteiger partial charge is 0.333 e. The standard InChI is InChI=1S/C27H33N3O3S/c31-27(28-26-24-10-4-8-22(24)18-23-9-5-11-25(23)26)29-34(32,33)17-14-20-12-15-30(16-13-20)19-21-6-2-1-3-7-21/h1-3,6-7,14,17-18,20H,4-5,8-13,15-16,19H2,(H2,28,29,31)/b17-14+. The van der Waals surface area contributed by atoms with Crippen molar-refractivity contribution < 1.29 is 13.2 Å². The normalized spacial score (nSPS) is 18.7. The van der Waals surface area contributed by atoms with Crippen LogP contribution in [0.15, 0.2) is 47.9 Å². The van der Waals surface area contributed by atoms with E-state index >= 15 is 0 Å². The Labute approximate surface area is 202 Å². The molecule has 34 heavy (non-hydrogen) atoms. The number of carbonyl (C=O) groups is 1. The molecule has 3 aliphatic rings. The smallest absolute Gasteiger partial charge is 0.307 e. The molecule has 1 saturated heterocycles. The highest BCUT2D eigenvalue weighted by atomic mass is 32.2. The topological polar surface area (TPSA) is 78.5 Å². The minimum atomic E-state index is -3.85. The molecule has 0 unspecified atom stereocenters. The van der Waals surface area contributed by atoms with Gasteiger partial charge in [0.15, 0.2) is 0 Å². The van der Waals surface area contributed by atoms with Crippen LogP contribution >= 0.6 is 0 Å². The van der Waals surface area contributed by atoms with E-state index in [1.54, 1.807) is 6.08 Å². The number of carbonyl (C=O) groups excluding carboxylic acids is 1. The monoisotopic (exact) mass is 479 g/mol. The van der Waals surface area contributed by atoms with Crippen LogP contribution in [-0.4, -0.2) is 32.4 Å². The molecule has 6 nitrogen and oxygen atoms in total. The van der Waals surface area contributed by atoms with Crippen LogP contribution in [0.2, 0.25) is 0 Å². The van der Waals surface area contributed by atoms with Gasteiger partial charge in [-0.15, -0.1) is 0 Å². The summed E-state index contributed by atoms with van der Waals surface area (Å²) < 4.78 is 27.3. The lowest BCUT2D eigenvalue weighted by molar-refractivity contribution is 0.196. The number of hydrogen-bond donors (Lipinski definition) is 2. The minimum Gasteiger partial charge on any atom is -0.307 e. The van der Waals surface area contributed by atoms with Crippen molar-refractivity contribution in [2.75, 3.05) is 18.4 Å². The third-order valence-electron chi connectivity index (χ3n) is 7.36. The molecule has 2 N–H and O–H groups in total. The lowest BCUT2D eigenvalue weighted by atomic mass is 9.97. The molecule has 5 rings (SSSR count). The molecule has 1 heterocycles. The van der Waals surface area contributed by atoms with Gasteiger partial charge in [0.05, 0.1) is 0 Å². The second kappa shape index (κ2) is 9.92. The summed E-state index contributed by atoms with van der Waals surface area (Å²) in [4.78, 5) is 15.1. The number of allylic oxidation sites excluding steroid dienone is 1. The molecule has 0 atom stereocenters. The molecule has 0 bridgehead atoms. The molecule has 0 saturated carbocycles. The van der Waals surface area contributed by atoms with E-state index in [2.05, 4.69) is 45.3 Å². The number of aryl methyl sites for hydroxylation is 2. The maximum absolute atomic E-state index is 12.7. The molecule has 1 fully saturated rings. The molecule has 0 radical (unpaired) electrons. The summed E-state index contributed by atoms with van der Waals surface area (Å²) in [6.07, 6.45) is 9.67. The van der Waals surface area contributed by atoms with Crippen LogP contribution in [0.3, 0.4) is 0 Å². The highest BCUT2D eigenvalue weighted by Gasteiger charge is 2.26. The molecule has 2 aliphatic carbocycles. The van der Waals surface area contributed by atoms with Gasteiger partial charge in [0.25, 0.3) is 10.0 Å². The number of anilines is 1. The van der Waals surface area contributed by atoms with Gasteiger partial charge in [0, 0.05) is 17.6 Å². The fourth-order valence-corrected chi connectivity index (χ4v) is 6.44. The van der Waals surface area contributed by atoms with Crippen LogP contribution in [0.5, 0.6) is 0 Å². The summed E-state index contributed by atoms with van der Waals surface area (Å²) in [5.41, 5.74) is 7.13. The second-order valence-electron chi connectivity index (χ2n) is 9.76. The summed E-state index contributed by atoms with van der Waals surface area (Å²) in [6.45, 7) is 2.79. The van der Waals surface area contributed by atoms with Crippen LogP contribution in [0.25, 0.3) is 0 Å². The molecule has 180 valence electrons. The molecule has 7 heteroatoms. The number of hydrogen-bond acceptors (Lipinski definition) is 4. The molecular formula is C27H33N3O3S. The first-order chi connectivity index (χ1) is 16.5. The Bertz CT molecular complexity index is 1150. The maximum Gasteiger partial charge on any atom is 0.333 e. The van der Waals surface area contributed by atoms with Gasteiger partial charge >= 0.3 is 6.03 Å². The first-order valence-corrected chi connectivity index (χ1v) is 14.0. The van der Waals surface area contributed by atoms with Crippen LogP contribution in [-0.2, 0) is 42.3 Å². The van der Waals surface area contributed by atoms with Gasteiger partial charge in [-0.05, 0) is 98.2 Å². The molecule has 2 aromatic carbocycles. The fourth-order valence-electron chi connectivity index (χ4n) is 5.63. The Morgan fingerprint density at radius 3 is 2.26 bits per heavy atom. The zero-order valence-corrected chi connectivity index (χ0v) is 20.4. The van der Waals surface area contributed by atoms with Crippen molar-refractivity contribution in [2.45, 2.75) is 57.9 Å². The zero-order valence-electron chi connectivity index (χ0n) is 19.6. The fraction of sp³-hybridized carbons (Fsp3) is 0.444. The number of fused-ring (bicyclic) bond motifs is 2. The summed E-state index contributed by atoms with van der Waals surface area (Å²) in [6, 6.07) is 12.0. The van der Waals surface area contributed by atoms with Gasteiger partial charge in [-0.1, -0.05) is 42.5 Å². The Morgan fingerprint density at radius 1 is 0.971 bits per heavy atom. The van der Waals surface area contributed by atoms with Crippen molar-refractivity contribution in [1.82, 2.24) is 9.62 Å². The molecule has 0 spiro atoms. The van der Waals surface area contributed by atoms with Gasteiger partial charge in [0.1, 0.15) is 0 Å². The molecule has 2 amide bonds. The van der Waals surface area contributed by atoms with Crippen molar-refractivity contribution in [3.63, 3.8) is 0 Å². The van der Waals surface area contributed by atoms with Crippen LogP contribution in [0.4, 0.5) is 10.5 Å². The van der Waals surface area contributed by atoms with Crippen molar-refractivity contribution in [3.05, 3.63) is 75.7 Å². The first kappa shape index (κ1) is 23.1. The van der Waals surface area contributed by atoms with E-state index in [1.807, 2.05) is 6.07 Å². The van der Waals surface area contributed by atoms with Gasteiger partial charge in [-0.25, -0.2) is 17.9 Å². The third-order valence-corrected chi connectivity index (χ3v) is 8.34. The highest BCUT2D eigenvalue weighted by Crippen LogP contribution is 2.38. The zero-order chi connectivity index (χ0) is 23.5. The summed E-state index contributed by atoms with van der Waals surface area (Å²) >= 11 is 0. The van der Waals surface area contributed by atoms with Gasteiger partial charge in [0.2, 0.25) is 0 Å². The van der Waals surface area contributed by atoms with Crippen molar-refractivity contribution >= 4 is 21.7 Å². The molecule has 2 aromatic rings. The van der Waals surface area contributed by atoms with Crippen molar-refractivity contribution in [2.24, 2.45) is 5.92 Å². The molecule has 0 aromatic heterocycles. The number of piperidine rings is 1. The number of nitrogens with one attached hydrogen (secondary N) is 2. The summed E-state index contributed by atoms with van der Waals surface area (Å²) in [5.74, 6) is 0.201. The number of benzene rings is 2. The van der Waals surface area contributed by atoms with E-state index in [-0.39, 0.29) is 5.92 Å². The third kappa shape index (κ3) is 5.36. The van der Waals surface area contributed by atoms with E-state index in [0.29, 0.717) is 0 Å². The number of rotatable bonds is 6. The quantitative estimate of drug-likeness (QED) is 0.638. The summed E-state index contributed by atoms with van der Waals surface area (Å²) in [7, 11) is -3.85. The average molecular weight is 480 g/mol. The Hall–Kier alpha value is -2.64. The maximum atomic E-state index is 12.7. The van der Waals surface area contributed by atoms with E-state index < -0.39 is 16.1 Å². The average Bonchev–Trinajstić information content (AvgIpc) is 3.48. The van der Waals surface area contributed by atoms with Crippen molar-refractivity contribution in [1.29, 1.82) is 0 Å². The van der Waals surface area contributed by atoms with Crippen LogP contribution in [0.1, 0.15) is 53.5 Å². The predicted molar refractivity (Wildman–Crippen MR) is 135 cm³/mol. The number of amides is 2. The van der Waals surface area contributed by atoms with E-state index in [4.69, 9.17) is 0 Å². The number of urea groups is 1. The van der Waals surface area contributed by atoms with E-state index in [9.17, 15) is 13.2 Å². The van der Waals surface area contributed by atoms with E-state index in [0.717, 1.165) is 76.7 Å². The van der Waals surface area contributed by atoms with Crippen LogP contribution < -0.4 is 10.0 Å². The Balaban J connectivity index is 1.16. The highest BCUT2D eigenvalue weighted by molar-refractivity contribution is 7.92.